The lowest BCUT2D eigenvalue weighted by atomic mass is 10.1. The topological polar surface area (TPSA) is 112 Å². The maximum Gasteiger partial charge on any atom is 0.282 e. The summed E-state index contributed by atoms with van der Waals surface area (Å²) >= 11 is 1.35. The van der Waals surface area contributed by atoms with Gasteiger partial charge in [-0.25, -0.2) is 4.98 Å². The zero-order valence-corrected chi connectivity index (χ0v) is 16.8. The van der Waals surface area contributed by atoms with E-state index in [0.717, 1.165) is 10.5 Å². The van der Waals surface area contributed by atoms with E-state index in [9.17, 15) is 19.7 Å². The number of carbonyl (C=O) groups is 2. The van der Waals surface area contributed by atoms with Crippen molar-refractivity contribution in [2.24, 2.45) is 0 Å². The molecule has 1 aromatic heterocycles. The van der Waals surface area contributed by atoms with Gasteiger partial charge in [-0.15, -0.1) is 11.3 Å². The lowest BCUT2D eigenvalue weighted by Gasteiger charge is -2.11. The third kappa shape index (κ3) is 3.16. The van der Waals surface area contributed by atoms with Crippen molar-refractivity contribution in [3.8, 4) is 22.1 Å². The van der Waals surface area contributed by atoms with E-state index in [2.05, 4.69) is 4.98 Å². The maximum atomic E-state index is 12.7. The first kappa shape index (κ1) is 19.5. The van der Waals surface area contributed by atoms with Crippen molar-refractivity contribution in [3.63, 3.8) is 0 Å². The summed E-state index contributed by atoms with van der Waals surface area (Å²) in [5.74, 6) is -0.118. The number of fused-ring (bicyclic) bond motifs is 1. The Bertz CT molecular complexity index is 1190. The Morgan fingerprint density at radius 3 is 2.57 bits per heavy atom. The summed E-state index contributed by atoms with van der Waals surface area (Å²) in [5.41, 5.74) is 0.772. The number of aromatic nitrogens is 1. The summed E-state index contributed by atoms with van der Waals surface area (Å²) in [7, 11) is 3.09. The number of imide groups is 1. The SMILES string of the molecule is COc1ccc(-c2nc(CN3C(=O)c4cccc([N+](=O)[O-])c4C3=O)cs2)cc1OC. The second-order valence-electron chi connectivity index (χ2n) is 6.37. The van der Waals surface area contributed by atoms with Crippen molar-refractivity contribution < 1.29 is 24.0 Å². The summed E-state index contributed by atoms with van der Waals surface area (Å²) in [4.78, 5) is 41.4. The van der Waals surface area contributed by atoms with Gasteiger partial charge < -0.3 is 9.47 Å². The molecule has 2 amide bonds. The molecule has 0 radical (unpaired) electrons. The van der Waals surface area contributed by atoms with E-state index in [1.165, 1.54) is 36.6 Å². The van der Waals surface area contributed by atoms with Crippen LogP contribution in [-0.2, 0) is 6.54 Å². The number of nitrogens with zero attached hydrogens (tertiary/aromatic N) is 3. The molecular formula is C20H15N3O6S. The van der Waals surface area contributed by atoms with Gasteiger partial charge in [-0.1, -0.05) is 6.07 Å². The van der Waals surface area contributed by atoms with Gasteiger partial charge in [0.15, 0.2) is 11.5 Å². The minimum absolute atomic E-state index is 0.0320. The predicted molar refractivity (Wildman–Crippen MR) is 108 cm³/mol. The average Bonchev–Trinajstić information content (AvgIpc) is 3.32. The highest BCUT2D eigenvalue weighted by atomic mass is 32.1. The summed E-state index contributed by atoms with van der Waals surface area (Å²) in [6.45, 7) is -0.0761. The molecule has 0 spiro atoms. The largest absolute Gasteiger partial charge is 0.493 e. The van der Waals surface area contributed by atoms with Crippen LogP contribution >= 0.6 is 11.3 Å². The molecule has 0 atom stereocenters. The first-order valence-corrected chi connectivity index (χ1v) is 9.63. The van der Waals surface area contributed by atoms with Gasteiger partial charge in [0.2, 0.25) is 0 Å². The molecule has 2 heterocycles. The van der Waals surface area contributed by atoms with Crippen LogP contribution in [0.2, 0.25) is 0 Å². The first-order chi connectivity index (χ1) is 14.4. The average molecular weight is 425 g/mol. The minimum Gasteiger partial charge on any atom is -0.493 e. The highest BCUT2D eigenvalue weighted by Crippen LogP contribution is 2.35. The molecule has 30 heavy (non-hydrogen) atoms. The molecule has 0 saturated carbocycles. The van der Waals surface area contributed by atoms with Gasteiger partial charge in [-0.2, -0.15) is 0 Å². The molecule has 1 aliphatic rings. The Kier molecular flexibility index (Phi) is 4.92. The van der Waals surface area contributed by atoms with Gasteiger partial charge in [0.05, 0.1) is 36.9 Å². The van der Waals surface area contributed by atoms with E-state index in [4.69, 9.17) is 9.47 Å². The van der Waals surface area contributed by atoms with Crippen molar-refractivity contribution in [1.82, 2.24) is 9.88 Å². The van der Waals surface area contributed by atoms with Crippen LogP contribution in [0.5, 0.6) is 11.5 Å². The van der Waals surface area contributed by atoms with Crippen molar-refractivity contribution in [1.29, 1.82) is 0 Å². The van der Waals surface area contributed by atoms with Crippen LogP contribution in [0.15, 0.2) is 41.8 Å². The van der Waals surface area contributed by atoms with Gasteiger partial charge in [0, 0.05) is 17.0 Å². The molecule has 0 unspecified atom stereocenters. The molecule has 152 valence electrons. The summed E-state index contributed by atoms with van der Waals surface area (Å²) < 4.78 is 10.5. The number of nitro groups is 1. The van der Waals surface area contributed by atoms with Crippen LogP contribution in [-0.4, -0.2) is 40.8 Å². The Morgan fingerprint density at radius 2 is 1.87 bits per heavy atom. The molecule has 1 aliphatic heterocycles. The third-order valence-corrected chi connectivity index (χ3v) is 5.62. The van der Waals surface area contributed by atoms with Gasteiger partial charge in [-0.3, -0.25) is 24.6 Å². The molecule has 0 fully saturated rings. The van der Waals surface area contributed by atoms with Crippen molar-refractivity contribution in [3.05, 3.63) is 68.7 Å². The monoisotopic (exact) mass is 425 g/mol. The zero-order valence-electron chi connectivity index (χ0n) is 15.9. The van der Waals surface area contributed by atoms with E-state index in [1.54, 1.807) is 24.6 Å². The van der Waals surface area contributed by atoms with E-state index in [1.807, 2.05) is 6.07 Å². The molecule has 10 heteroatoms. The number of hydrogen-bond donors (Lipinski definition) is 0. The van der Waals surface area contributed by atoms with Gasteiger partial charge in [0.25, 0.3) is 17.5 Å². The zero-order chi connectivity index (χ0) is 21.4. The Hall–Kier alpha value is -3.79. The molecule has 0 saturated heterocycles. The second kappa shape index (κ2) is 7.56. The van der Waals surface area contributed by atoms with E-state index < -0.39 is 16.7 Å². The standard InChI is InChI=1S/C20H15N3O6S/c1-28-15-7-6-11(8-16(15)29-2)18-21-12(10-30-18)9-22-19(24)13-4-3-5-14(23(26)27)17(13)20(22)25/h3-8,10H,9H2,1-2H3. The summed E-state index contributed by atoms with van der Waals surface area (Å²) in [6.07, 6.45) is 0. The van der Waals surface area contributed by atoms with Crippen molar-refractivity contribution >= 4 is 28.8 Å². The van der Waals surface area contributed by atoms with Crippen molar-refractivity contribution in [2.45, 2.75) is 6.54 Å². The van der Waals surface area contributed by atoms with Crippen molar-refractivity contribution in [2.75, 3.05) is 14.2 Å². The van der Waals surface area contributed by atoms with Gasteiger partial charge in [0.1, 0.15) is 10.6 Å². The van der Waals surface area contributed by atoms with E-state index in [-0.39, 0.29) is 23.4 Å². The fourth-order valence-corrected chi connectivity index (χ4v) is 4.06. The lowest BCUT2D eigenvalue weighted by Crippen LogP contribution is -2.29. The molecule has 2 aromatic carbocycles. The lowest BCUT2D eigenvalue weighted by molar-refractivity contribution is -0.385. The van der Waals surface area contributed by atoms with Crippen LogP contribution in [0.25, 0.3) is 10.6 Å². The number of hydrogen-bond acceptors (Lipinski definition) is 8. The van der Waals surface area contributed by atoms with Crippen LogP contribution in [0.1, 0.15) is 26.4 Å². The van der Waals surface area contributed by atoms with E-state index >= 15 is 0 Å². The number of thiazole rings is 1. The summed E-state index contributed by atoms with van der Waals surface area (Å²) in [6, 6.07) is 9.40. The Labute approximate surface area is 174 Å². The maximum absolute atomic E-state index is 12.7. The predicted octanol–water partition coefficient (Wildman–Crippen LogP) is 3.53. The van der Waals surface area contributed by atoms with Crippen LogP contribution in [0.4, 0.5) is 5.69 Å². The Morgan fingerprint density at radius 1 is 1.10 bits per heavy atom. The van der Waals surface area contributed by atoms with Crippen LogP contribution in [0.3, 0.4) is 0 Å². The normalized spacial score (nSPS) is 12.8. The second-order valence-corrected chi connectivity index (χ2v) is 7.23. The molecular weight excluding hydrogens is 410 g/mol. The van der Waals surface area contributed by atoms with Crippen LogP contribution in [0, 0.1) is 10.1 Å². The quantitative estimate of drug-likeness (QED) is 0.337. The number of amides is 2. The molecule has 0 bridgehead atoms. The number of methoxy groups -OCH3 is 2. The minimum atomic E-state index is -0.692. The summed E-state index contributed by atoms with van der Waals surface area (Å²) in [5, 5.41) is 13.6. The number of nitro benzene ring substituents is 1. The highest BCUT2D eigenvalue weighted by molar-refractivity contribution is 7.13. The molecule has 9 nitrogen and oxygen atoms in total. The van der Waals surface area contributed by atoms with Crippen LogP contribution < -0.4 is 9.47 Å². The third-order valence-electron chi connectivity index (χ3n) is 4.68. The number of rotatable bonds is 6. The molecule has 0 aliphatic carbocycles. The Balaban J connectivity index is 1.61. The highest BCUT2D eigenvalue weighted by Gasteiger charge is 2.41. The fourth-order valence-electron chi connectivity index (χ4n) is 3.25. The molecule has 0 N–H and O–H groups in total. The number of ether oxygens (including phenoxy) is 2. The van der Waals surface area contributed by atoms with E-state index in [0.29, 0.717) is 22.2 Å². The molecule has 3 aromatic rings. The molecule has 4 rings (SSSR count). The number of carbonyl (C=O) groups excluding carboxylic acids is 2. The van der Waals surface area contributed by atoms with Gasteiger partial charge >= 0.3 is 0 Å². The smallest absolute Gasteiger partial charge is 0.282 e. The number of benzene rings is 2. The first-order valence-electron chi connectivity index (χ1n) is 8.75. The fraction of sp³-hybridized carbons (Fsp3) is 0.150. The van der Waals surface area contributed by atoms with Gasteiger partial charge in [-0.05, 0) is 24.3 Å².